The van der Waals surface area contributed by atoms with Gasteiger partial charge in [0.1, 0.15) is 6.61 Å². The molecule has 184 valence electrons. The van der Waals surface area contributed by atoms with Gasteiger partial charge in [0, 0.05) is 15.1 Å². The van der Waals surface area contributed by atoms with Crippen LogP contribution in [0.15, 0.2) is 76.1 Å². The molecule has 0 bridgehead atoms. The van der Waals surface area contributed by atoms with Crippen LogP contribution in [0.25, 0.3) is 6.08 Å². The molecule has 0 aromatic heterocycles. The van der Waals surface area contributed by atoms with E-state index in [0.717, 1.165) is 32.4 Å². The second-order valence-corrected chi connectivity index (χ2v) is 10.6. The summed E-state index contributed by atoms with van der Waals surface area (Å²) in [6.07, 6.45) is 1.70. The first-order valence-corrected chi connectivity index (χ1v) is 13.2. The minimum absolute atomic E-state index is 0.229. The highest BCUT2D eigenvalue weighted by Crippen LogP contribution is 2.34. The molecular formula is C26H20BrClN2O4S2. The van der Waals surface area contributed by atoms with Gasteiger partial charge in [-0.05, 0) is 84.9 Å². The lowest BCUT2D eigenvalue weighted by Crippen LogP contribution is -2.44. The van der Waals surface area contributed by atoms with Crippen LogP contribution in [0.5, 0.6) is 11.5 Å². The van der Waals surface area contributed by atoms with E-state index in [4.69, 9.17) is 33.3 Å². The molecule has 0 unspecified atom stereocenters. The van der Waals surface area contributed by atoms with Crippen LogP contribution in [0.3, 0.4) is 0 Å². The Morgan fingerprint density at radius 2 is 1.89 bits per heavy atom. The van der Waals surface area contributed by atoms with Crippen molar-refractivity contribution in [2.75, 3.05) is 6.61 Å². The number of nitrogens with one attached hydrogen (secondary N) is 1. The summed E-state index contributed by atoms with van der Waals surface area (Å²) >= 11 is 15.8. The second-order valence-electron chi connectivity index (χ2n) is 7.52. The molecule has 0 saturated carbocycles. The summed E-state index contributed by atoms with van der Waals surface area (Å²) in [5.74, 6) is 0.277. The molecule has 1 saturated heterocycles. The van der Waals surface area contributed by atoms with Gasteiger partial charge in [-0.15, -0.1) is 0 Å². The van der Waals surface area contributed by atoms with E-state index >= 15 is 0 Å². The van der Waals surface area contributed by atoms with Gasteiger partial charge in [0.05, 0.1) is 11.5 Å². The fraction of sp³-hybridized carbons (Fsp3) is 0.115. The minimum atomic E-state index is -0.463. The molecule has 2 amide bonds. The Kier molecular flexibility index (Phi) is 8.68. The SMILES string of the molecule is CCOc1cc(/C=C2/SC(=S)N(NC(=O)c3ccc(Cl)cc3)C2=O)ccc1OCc1cccc(Br)c1. The predicted octanol–water partition coefficient (Wildman–Crippen LogP) is 6.63. The fourth-order valence-corrected chi connectivity index (χ4v) is 5.02. The van der Waals surface area contributed by atoms with Crippen molar-refractivity contribution in [3.8, 4) is 11.5 Å². The van der Waals surface area contributed by atoms with Gasteiger partial charge >= 0.3 is 0 Å². The van der Waals surface area contributed by atoms with Crippen LogP contribution in [0.1, 0.15) is 28.4 Å². The van der Waals surface area contributed by atoms with Crippen molar-refractivity contribution in [2.24, 2.45) is 0 Å². The average molecular weight is 604 g/mol. The fourth-order valence-electron chi connectivity index (χ4n) is 3.27. The van der Waals surface area contributed by atoms with Crippen LogP contribution in [-0.4, -0.2) is 27.8 Å². The molecule has 3 aromatic rings. The minimum Gasteiger partial charge on any atom is -0.490 e. The van der Waals surface area contributed by atoms with Crippen molar-refractivity contribution in [1.82, 2.24) is 10.4 Å². The first-order chi connectivity index (χ1) is 17.3. The lowest BCUT2D eigenvalue weighted by molar-refractivity contribution is -0.123. The van der Waals surface area contributed by atoms with Crippen LogP contribution in [-0.2, 0) is 11.4 Å². The Balaban J connectivity index is 1.48. The van der Waals surface area contributed by atoms with E-state index in [9.17, 15) is 9.59 Å². The molecule has 1 aliphatic heterocycles. The van der Waals surface area contributed by atoms with Crippen LogP contribution in [0.2, 0.25) is 5.02 Å². The third-order valence-corrected chi connectivity index (χ3v) is 7.01. The molecule has 0 atom stereocenters. The molecule has 1 heterocycles. The van der Waals surface area contributed by atoms with Gasteiger partial charge in [0.25, 0.3) is 11.8 Å². The Bertz CT molecular complexity index is 1350. The standard InChI is InChI=1S/C26H20BrClN2O4S2/c1-2-33-22-13-16(6-11-21(22)34-15-17-4-3-5-19(27)12-17)14-23-25(32)30(26(35)36-23)29-24(31)18-7-9-20(28)10-8-18/h3-14H,2,15H2,1H3,(H,29,31)/b23-14+. The highest BCUT2D eigenvalue weighted by molar-refractivity contribution is 9.10. The van der Waals surface area contributed by atoms with Crippen LogP contribution in [0, 0.1) is 0 Å². The van der Waals surface area contributed by atoms with E-state index in [0.29, 0.717) is 40.2 Å². The molecular weight excluding hydrogens is 584 g/mol. The highest BCUT2D eigenvalue weighted by atomic mass is 79.9. The molecule has 4 rings (SSSR count). The number of thioether (sulfide) groups is 1. The Morgan fingerprint density at radius 1 is 1.11 bits per heavy atom. The zero-order chi connectivity index (χ0) is 25.7. The predicted molar refractivity (Wildman–Crippen MR) is 150 cm³/mol. The van der Waals surface area contributed by atoms with Crippen LogP contribution >= 0.6 is 51.5 Å². The van der Waals surface area contributed by atoms with Crippen molar-refractivity contribution in [3.05, 3.63) is 97.8 Å². The Labute approximate surface area is 231 Å². The molecule has 6 nitrogen and oxygen atoms in total. The number of carbonyl (C=O) groups excluding carboxylic acids is 2. The number of ether oxygens (including phenoxy) is 2. The molecule has 1 aliphatic rings. The summed E-state index contributed by atoms with van der Waals surface area (Å²) < 4.78 is 13.0. The number of thiocarbonyl (C=S) groups is 1. The molecule has 3 aromatic carbocycles. The third-order valence-electron chi connectivity index (χ3n) is 4.96. The summed E-state index contributed by atoms with van der Waals surface area (Å²) in [5.41, 5.74) is 4.66. The molecule has 10 heteroatoms. The molecule has 36 heavy (non-hydrogen) atoms. The lowest BCUT2D eigenvalue weighted by atomic mass is 10.1. The number of rotatable bonds is 8. The largest absolute Gasteiger partial charge is 0.490 e. The summed E-state index contributed by atoms with van der Waals surface area (Å²) in [6, 6.07) is 19.6. The number of hydrazine groups is 1. The number of nitrogens with zero attached hydrogens (tertiary/aromatic N) is 1. The number of halogens is 2. The summed E-state index contributed by atoms with van der Waals surface area (Å²) in [6.45, 7) is 2.72. The molecule has 0 radical (unpaired) electrons. The first-order valence-electron chi connectivity index (χ1n) is 10.8. The molecule has 1 N–H and O–H groups in total. The summed E-state index contributed by atoms with van der Waals surface area (Å²) in [7, 11) is 0. The van der Waals surface area contributed by atoms with E-state index in [1.54, 1.807) is 42.5 Å². The lowest BCUT2D eigenvalue weighted by Gasteiger charge is -2.15. The Hall–Kier alpha value is -2.85. The maximum absolute atomic E-state index is 13.0. The zero-order valence-electron chi connectivity index (χ0n) is 19.0. The van der Waals surface area contributed by atoms with Crippen molar-refractivity contribution < 1.29 is 19.1 Å². The maximum Gasteiger partial charge on any atom is 0.285 e. The highest BCUT2D eigenvalue weighted by Gasteiger charge is 2.33. The topological polar surface area (TPSA) is 67.9 Å². The van der Waals surface area contributed by atoms with Crippen molar-refractivity contribution in [2.45, 2.75) is 13.5 Å². The zero-order valence-corrected chi connectivity index (χ0v) is 23.0. The van der Waals surface area contributed by atoms with Gasteiger partial charge in [0.15, 0.2) is 15.8 Å². The van der Waals surface area contributed by atoms with E-state index < -0.39 is 11.8 Å². The van der Waals surface area contributed by atoms with Gasteiger partial charge in [-0.3, -0.25) is 15.0 Å². The molecule has 0 spiro atoms. The maximum atomic E-state index is 13.0. The number of amides is 2. The van der Waals surface area contributed by atoms with E-state index in [2.05, 4.69) is 21.4 Å². The van der Waals surface area contributed by atoms with Crippen molar-refractivity contribution in [3.63, 3.8) is 0 Å². The normalized spacial score (nSPS) is 14.3. The van der Waals surface area contributed by atoms with Gasteiger partial charge in [-0.1, -0.05) is 57.5 Å². The van der Waals surface area contributed by atoms with Crippen molar-refractivity contribution >= 4 is 73.7 Å². The summed E-state index contributed by atoms with van der Waals surface area (Å²) in [4.78, 5) is 25.9. The second kappa shape index (κ2) is 11.9. The number of hydrogen-bond donors (Lipinski definition) is 1. The Morgan fingerprint density at radius 3 is 2.61 bits per heavy atom. The molecule has 1 fully saturated rings. The quantitative estimate of drug-likeness (QED) is 0.230. The first kappa shape index (κ1) is 26.2. The van der Waals surface area contributed by atoms with Crippen LogP contribution < -0.4 is 14.9 Å². The monoisotopic (exact) mass is 602 g/mol. The number of hydrogen-bond acceptors (Lipinski definition) is 6. The van der Waals surface area contributed by atoms with Gasteiger partial charge in [-0.2, -0.15) is 5.01 Å². The van der Waals surface area contributed by atoms with Crippen LogP contribution in [0.4, 0.5) is 0 Å². The summed E-state index contributed by atoms with van der Waals surface area (Å²) in [5, 5.41) is 1.58. The smallest absolute Gasteiger partial charge is 0.285 e. The van der Waals surface area contributed by atoms with E-state index in [1.807, 2.05) is 37.3 Å². The number of benzene rings is 3. The average Bonchev–Trinajstić information content (AvgIpc) is 3.11. The van der Waals surface area contributed by atoms with E-state index in [1.165, 1.54) is 0 Å². The number of carbonyl (C=O) groups is 2. The van der Waals surface area contributed by atoms with Gasteiger partial charge in [-0.25, -0.2) is 0 Å². The van der Waals surface area contributed by atoms with Crippen molar-refractivity contribution in [1.29, 1.82) is 0 Å². The van der Waals surface area contributed by atoms with E-state index in [-0.39, 0.29) is 4.32 Å². The van der Waals surface area contributed by atoms with Gasteiger partial charge < -0.3 is 9.47 Å². The van der Waals surface area contributed by atoms with Gasteiger partial charge in [0.2, 0.25) is 0 Å². The molecule has 0 aliphatic carbocycles. The third kappa shape index (κ3) is 6.47.